The van der Waals surface area contributed by atoms with Gasteiger partial charge in [-0.3, -0.25) is 0 Å². The number of sulfone groups is 1. The molecule has 2 N–H and O–H groups in total. The summed E-state index contributed by atoms with van der Waals surface area (Å²) in [4.78, 5) is 2.22. The molecule has 18 heavy (non-hydrogen) atoms. The predicted molar refractivity (Wildman–Crippen MR) is 76.4 cm³/mol. The van der Waals surface area contributed by atoms with Crippen molar-refractivity contribution in [3.05, 3.63) is 0 Å². The Kier molecular flexibility index (Phi) is 5.21. The first-order valence-corrected chi connectivity index (χ1v) is 8.84. The monoisotopic (exact) mass is 276 g/mol. The minimum Gasteiger partial charge on any atom is -0.326 e. The van der Waals surface area contributed by atoms with Crippen molar-refractivity contribution in [1.82, 2.24) is 4.90 Å². The maximum absolute atomic E-state index is 11.3. The summed E-state index contributed by atoms with van der Waals surface area (Å²) in [7, 11) is 1.21. The van der Waals surface area contributed by atoms with Crippen molar-refractivity contribution in [2.45, 2.75) is 50.6 Å². The summed E-state index contributed by atoms with van der Waals surface area (Å²) in [5.74, 6) is 0.864. The number of hydrogen-bond acceptors (Lipinski definition) is 4. The van der Waals surface area contributed by atoms with Gasteiger partial charge in [-0.15, -0.1) is 0 Å². The summed E-state index contributed by atoms with van der Waals surface area (Å²) < 4.78 is 22.6. The van der Waals surface area contributed by atoms with E-state index in [1.807, 2.05) is 0 Å². The number of nitrogens with two attached hydrogens (primary N) is 1. The molecule has 0 aromatic rings. The zero-order chi connectivity index (χ0) is 14.0. The molecule has 0 spiro atoms. The van der Waals surface area contributed by atoms with E-state index in [2.05, 4.69) is 25.9 Å². The van der Waals surface area contributed by atoms with Crippen LogP contribution >= 0.6 is 0 Å². The van der Waals surface area contributed by atoms with Crippen LogP contribution in [0.15, 0.2) is 0 Å². The Morgan fingerprint density at radius 3 is 2.50 bits per heavy atom. The van der Waals surface area contributed by atoms with Crippen molar-refractivity contribution in [2.75, 3.05) is 26.1 Å². The van der Waals surface area contributed by atoms with Crippen molar-refractivity contribution in [3.63, 3.8) is 0 Å². The Morgan fingerprint density at radius 2 is 2.06 bits per heavy atom. The lowest BCUT2D eigenvalue weighted by atomic mass is 9.71. The zero-order valence-electron chi connectivity index (χ0n) is 12.1. The van der Waals surface area contributed by atoms with Gasteiger partial charge in [-0.05, 0) is 39.3 Å². The quantitative estimate of drug-likeness (QED) is 0.821. The highest BCUT2D eigenvalue weighted by Gasteiger charge is 2.41. The van der Waals surface area contributed by atoms with Gasteiger partial charge in [0.25, 0.3) is 0 Å². The maximum Gasteiger partial charge on any atom is 0.147 e. The second kappa shape index (κ2) is 5.88. The van der Waals surface area contributed by atoms with Crippen molar-refractivity contribution in [1.29, 1.82) is 0 Å². The standard InChI is InChI=1S/C13H28N2O2S/c1-11-6-5-8-13(10-11,15(2)3)12(14)7-9-18(4,16)17/h11-12H,5-10,14H2,1-4H3. The highest BCUT2D eigenvalue weighted by atomic mass is 32.2. The molecule has 3 unspecified atom stereocenters. The maximum atomic E-state index is 11.3. The number of rotatable bonds is 5. The number of hydrogen-bond donors (Lipinski definition) is 1. The molecule has 0 aliphatic heterocycles. The third kappa shape index (κ3) is 3.93. The molecule has 4 nitrogen and oxygen atoms in total. The highest BCUT2D eigenvalue weighted by molar-refractivity contribution is 7.90. The van der Waals surface area contributed by atoms with Crippen LogP contribution < -0.4 is 5.73 Å². The molecule has 1 rings (SSSR count). The van der Waals surface area contributed by atoms with E-state index in [0.29, 0.717) is 12.3 Å². The van der Waals surface area contributed by atoms with E-state index in [1.54, 1.807) is 0 Å². The Hall–Kier alpha value is -0.130. The van der Waals surface area contributed by atoms with Crippen LogP contribution in [0.1, 0.15) is 39.0 Å². The molecular weight excluding hydrogens is 248 g/mol. The van der Waals surface area contributed by atoms with Crippen molar-refractivity contribution >= 4 is 9.84 Å². The first kappa shape index (κ1) is 15.9. The lowest BCUT2D eigenvalue weighted by molar-refractivity contribution is 0.0494. The summed E-state index contributed by atoms with van der Waals surface area (Å²) in [6.07, 6.45) is 6.44. The molecule has 0 aromatic heterocycles. The Balaban J connectivity index is 2.77. The van der Waals surface area contributed by atoms with E-state index in [0.717, 1.165) is 12.8 Å². The van der Waals surface area contributed by atoms with E-state index in [9.17, 15) is 8.42 Å². The van der Waals surface area contributed by atoms with Crippen molar-refractivity contribution in [3.8, 4) is 0 Å². The van der Waals surface area contributed by atoms with Crippen LogP contribution in [-0.4, -0.2) is 51.0 Å². The Labute approximate surface area is 112 Å². The summed E-state index contributed by atoms with van der Waals surface area (Å²) in [6, 6.07) is -0.0648. The lowest BCUT2D eigenvalue weighted by Gasteiger charge is -2.49. The minimum atomic E-state index is -2.92. The normalized spacial score (nSPS) is 31.6. The zero-order valence-corrected chi connectivity index (χ0v) is 13.0. The van der Waals surface area contributed by atoms with E-state index in [4.69, 9.17) is 5.73 Å². The van der Waals surface area contributed by atoms with Crippen LogP contribution in [0.5, 0.6) is 0 Å². The SMILES string of the molecule is CC1CCCC(C(N)CCS(C)(=O)=O)(N(C)C)C1. The molecule has 0 amide bonds. The van der Waals surface area contributed by atoms with E-state index in [1.165, 1.54) is 19.1 Å². The van der Waals surface area contributed by atoms with Gasteiger partial charge in [-0.25, -0.2) is 8.42 Å². The Bertz CT molecular complexity index is 367. The first-order chi connectivity index (χ1) is 8.17. The smallest absolute Gasteiger partial charge is 0.147 e. The molecule has 5 heteroatoms. The van der Waals surface area contributed by atoms with Crippen LogP contribution in [0, 0.1) is 5.92 Å². The van der Waals surface area contributed by atoms with Gasteiger partial charge in [0.05, 0.1) is 5.75 Å². The van der Waals surface area contributed by atoms with Crippen LogP contribution in [0.4, 0.5) is 0 Å². The molecule has 1 aliphatic carbocycles. The highest BCUT2D eigenvalue weighted by Crippen LogP contribution is 2.38. The fourth-order valence-electron chi connectivity index (χ4n) is 3.25. The second-order valence-corrected chi connectivity index (χ2v) is 8.48. The predicted octanol–water partition coefficient (Wildman–Crippen LogP) is 1.26. The molecule has 0 bridgehead atoms. The van der Waals surface area contributed by atoms with Gasteiger partial charge in [-0.2, -0.15) is 0 Å². The lowest BCUT2D eigenvalue weighted by Crippen LogP contribution is -2.59. The average molecular weight is 276 g/mol. The van der Waals surface area contributed by atoms with Crippen LogP contribution in [-0.2, 0) is 9.84 Å². The van der Waals surface area contributed by atoms with Crippen LogP contribution in [0.2, 0.25) is 0 Å². The van der Waals surface area contributed by atoms with Crippen molar-refractivity contribution < 1.29 is 8.42 Å². The van der Waals surface area contributed by atoms with Gasteiger partial charge in [0.1, 0.15) is 9.84 Å². The van der Waals surface area contributed by atoms with Gasteiger partial charge in [0, 0.05) is 17.8 Å². The molecule has 1 aliphatic rings. The molecule has 0 saturated heterocycles. The van der Waals surface area contributed by atoms with Crippen LogP contribution in [0.25, 0.3) is 0 Å². The third-order valence-electron chi connectivity index (χ3n) is 4.39. The van der Waals surface area contributed by atoms with Gasteiger partial charge in [-0.1, -0.05) is 19.8 Å². The first-order valence-electron chi connectivity index (χ1n) is 6.78. The summed E-state index contributed by atoms with van der Waals surface area (Å²) in [5, 5.41) is 0. The Morgan fingerprint density at radius 1 is 1.44 bits per heavy atom. The summed E-state index contributed by atoms with van der Waals surface area (Å²) in [6.45, 7) is 2.26. The third-order valence-corrected chi connectivity index (χ3v) is 5.37. The largest absolute Gasteiger partial charge is 0.326 e. The molecular formula is C13H28N2O2S. The minimum absolute atomic E-state index is 0.0254. The fraction of sp³-hybridized carbons (Fsp3) is 1.00. The van der Waals surface area contributed by atoms with Crippen molar-refractivity contribution in [2.24, 2.45) is 11.7 Å². The molecule has 0 radical (unpaired) electrons. The molecule has 1 fully saturated rings. The molecule has 3 atom stereocenters. The second-order valence-electron chi connectivity index (χ2n) is 6.22. The summed E-state index contributed by atoms with van der Waals surface area (Å²) in [5.41, 5.74) is 6.32. The fourth-order valence-corrected chi connectivity index (χ4v) is 3.93. The van der Waals surface area contributed by atoms with Gasteiger partial charge >= 0.3 is 0 Å². The van der Waals surface area contributed by atoms with Gasteiger partial charge < -0.3 is 10.6 Å². The van der Waals surface area contributed by atoms with E-state index >= 15 is 0 Å². The number of likely N-dealkylation sites (N-methyl/N-ethyl adjacent to an activating group) is 1. The topological polar surface area (TPSA) is 63.4 Å². The van der Waals surface area contributed by atoms with Crippen LogP contribution in [0.3, 0.4) is 0 Å². The van der Waals surface area contributed by atoms with E-state index < -0.39 is 9.84 Å². The summed E-state index contributed by atoms with van der Waals surface area (Å²) >= 11 is 0. The molecule has 1 saturated carbocycles. The average Bonchev–Trinajstić information content (AvgIpc) is 2.24. The molecule has 0 aromatic carbocycles. The van der Waals surface area contributed by atoms with Gasteiger partial charge in [0.15, 0.2) is 0 Å². The van der Waals surface area contributed by atoms with Gasteiger partial charge in [0.2, 0.25) is 0 Å². The molecule has 0 heterocycles. The number of nitrogens with zero attached hydrogens (tertiary/aromatic N) is 1. The molecule has 108 valence electrons. The van der Waals surface area contributed by atoms with E-state index in [-0.39, 0.29) is 17.3 Å².